The molecule has 0 spiro atoms. The molecule has 3 N–H and O–H groups in total. The lowest BCUT2D eigenvalue weighted by Gasteiger charge is -2.37. The molecule has 6 heteroatoms. The number of nitrogens with one attached hydrogen (secondary N) is 1. The molecule has 1 aliphatic heterocycles. The first-order valence-electron chi connectivity index (χ1n) is 7.97. The smallest absolute Gasteiger partial charge is 0.240 e. The Morgan fingerprint density at radius 3 is 2.48 bits per heavy atom. The molecule has 0 aromatic heterocycles. The maximum atomic E-state index is 12.3. The predicted molar refractivity (Wildman–Crippen MR) is 92.4 cm³/mol. The van der Waals surface area contributed by atoms with Gasteiger partial charge in [-0.05, 0) is 38.8 Å². The highest BCUT2D eigenvalue weighted by atomic mass is 35.5. The standard InChI is InChI=1S/C15H29N3O.2ClH/c1-2-18-11-7-4-8-13(18)12-17-14(19)15(16)9-5-3-6-10-15;;/h13H,2-12,16H2,1H3,(H,17,19);2*1H. The Hall–Kier alpha value is -0.0300. The normalized spacial score (nSPS) is 25.3. The number of nitrogens with two attached hydrogens (primary N) is 1. The van der Waals surface area contributed by atoms with Crippen LogP contribution in [0.15, 0.2) is 0 Å². The Bertz CT molecular complexity index is 309. The Labute approximate surface area is 141 Å². The second-order valence-electron chi connectivity index (χ2n) is 6.21. The van der Waals surface area contributed by atoms with Crippen molar-refractivity contribution in [2.24, 2.45) is 5.73 Å². The van der Waals surface area contributed by atoms with Crippen LogP contribution in [0.5, 0.6) is 0 Å². The van der Waals surface area contributed by atoms with Crippen molar-refractivity contribution >= 4 is 30.7 Å². The monoisotopic (exact) mass is 339 g/mol. The molecular weight excluding hydrogens is 309 g/mol. The van der Waals surface area contributed by atoms with Crippen molar-refractivity contribution in [2.75, 3.05) is 19.6 Å². The van der Waals surface area contributed by atoms with Crippen LogP contribution in [0, 0.1) is 0 Å². The average Bonchev–Trinajstić information content (AvgIpc) is 2.45. The van der Waals surface area contributed by atoms with Crippen molar-refractivity contribution in [2.45, 2.75) is 69.9 Å². The molecule has 21 heavy (non-hydrogen) atoms. The van der Waals surface area contributed by atoms with E-state index in [0.29, 0.717) is 6.04 Å². The molecule has 2 fully saturated rings. The Balaban J connectivity index is 0.00000200. The lowest BCUT2D eigenvalue weighted by atomic mass is 9.82. The highest BCUT2D eigenvalue weighted by Gasteiger charge is 2.35. The van der Waals surface area contributed by atoms with Crippen molar-refractivity contribution in [3.63, 3.8) is 0 Å². The molecule has 126 valence electrons. The van der Waals surface area contributed by atoms with Crippen molar-refractivity contribution in [1.82, 2.24) is 10.2 Å². The number of nitrogens with zero attached hydrogens (tertiary/aromatic N) is 1. The summed E-state index contributed by atoms with van der Waals surface area (Å²) in [5.41, 5.74) is 5.67. The van der Waals surface area contributed by atoms with Gasteiger partial charge in [0.05, 0.1) is 5.54 Å². The molecule has 4 nitrogen and oxygen atoms in total. The largest absolute Gasteiger partial charge is 0.353 e. The fourth-order valence-corrected chi connectivity index (χ4v) is 3.50. The molecule has 0 radical (unpaired) electrons. The molecule has 1 amide bonds. The lowest BCUT2D eigenvalue weighted by molar-refractivity contribution is -0.127. The van der Waals surface area contributed by atoms with E-state index in [9.17, 15) is 4.79 Å². The van der Waals surface area contributed by atoms with Gasteiger partial charge in [0.15, 0.2) is 0 Å². The molecule has 0 aromatic rings. The molecule has 2 rings (SSSR count). The minimum Gasteiger partial charge on any atom is -0.353 e. The van der Waals surface area contributed by atoms with Gasteiger partial charge in [-0.3, -0.25) is 9.69 Å². The van der Waals surface area contributed by atoms with Crippen molar-refractivity contribution in [3.8, 4) is 0 Å². The first-order valence-corrected chi connectivity index (χ1v) is 7.97. The van der Waals surface area contributed by atoms with Crippen LogP contribution >= 0.6 is 24.8 Å². The summed E-state index contributed by atoms with van der Waals surface area (Å²) in [4.78, 5) is 14.8. The third kappa shape index (κ3) is 5.59. The van der Waals surface area contributed by atoms with Gasteiger partial charge in [0, 0.05) is 12.6 Å². The summed E-state index contributed by atoms with van der Waals surface area (Å²) in [7, 11) is 0. The summed E-state index contributed by atoms with van der Waals surface area (Å²) < 4.78 is 0. The van der Waals surface area contributed by atoms with Crippen LogP contribution in [-0.4, -0.2) is 42.0 Å². The highest BCUT2D eigenvalue weighted by Crippen LogP contribution is 2.26. The number of carbonyl (C=O) groups excluding carboxylic acids is 1. The second-order valence-corrected chi connectivity index (χ2v) is 6.21. The first-order chi connectivity index (χ1) is 9.15. The maximum absolute atomic E-state index is 12.3. The number of amides is 1. The second kappa shape index (κ2) is 9.88. The van der Waals surface area contributed by atoms with E-state index in [2.05, 4.69) is 17.1 Å². The maximum Gasteiger partial charge on any atom is 0.240 e. The van der Waals surface area contributed by atoms with E-state index in [-0.39, 0.29) is 30.7 Å². The van der Waals surface area contributed by atoms with Crippen LogP contribution in [0.4, 0.5) is 0 Å². The van der Waals surface area contributed by atoms with E-state index in [1.165, 1.54) is 32.2 Å². The third-order valence-corrected chi connectivity index (χ3v) is 4.85. The van der Waals surface area contributed by atoms with E-state index >= 15 is 0 Å². The summed E-state index contributed by atoms with van der Waals surface area (Å²) in [5, 5.41) is 3.12. The van der Waals surface area contributed by atoms with Gasteiger partial charge in [-0.2, -0.15) is 0 Å². The molecule has 1 saturated heterocycles. The Morgan fingerprint density at radius 1 is 1.19 bits per heavy atom. The molecular formula is C15H31Cl2N3O. The molecule has 1 heterocycles. The molecule has 0 aromatic carbocycles. The number of hydrogen-bond donors (Lipinski definition) is 2. The number of likely N-dealkylation sites (N-methyl/N-ethyl adjacent to an activating group) is 1. The van der Waals surface area contributed by atoms with Crippen LogP contribution in [0.3, 0.4) is 0 Å². The van der Waals surface area contributed by atoms with Gasteiger partial charge >= 0.3 is 0 Å². The van der Waals surface area contributed by atoms with Gasteiger partial charge in [-0.1, -0.05) is 32.6 Å². The van der Waals surface area contributed by atoms with Crippen LogP contribution in [0.2, 0.25) is 0 Å². The Kier molecular flexibility index (Phi) is 9.87. The molecule has 1 unspecified atom stereocenters. The fourth-order valence-electron chi connectivity index (χ4n) is 3.50. The zero-order valence-electron chi connectivity index (χ0n) is 13.1. The zero-order chi connectivity index (χ0) is 13.7. The Morgan fingerprint density at radius 2 is 1.86 bits per heavy atom. The van der Waals surface area contributed by atoms with Gasteiger partial charge in [-0.25, -0.2) is 0 Å². The molecule has 0 bridgehead atoms. The summed E-state index contributed by atoms with van der Waals surface area (Å²) in [6, 6.07) is 0.509. The van der Waals surface area contributed by atoms with Gasteiger partial charge < -0.3 is 11.1 Å². The van der Waals surface area contributed by atoms with E-state index in [1.807, 2.05) is 0 Å². The number of likely N-dealkylation sites (tertiary alicyclic amines) is 1. The van der Waals surface area contributed by atoms with Crippen LogP contribution in [-0.2, 0) is 4.79 Å². The average molecular weight is 340 g/mol. The van der Waals surface area contributed by atoms with E-state index in [0.717, 1.165) is 38.8 Å². The fraction of sp³-hybridized carbons (Fsp3) is 0.933. The molecule has 1 saturated carbocycles. The van der Waals surface area contributed by atoms with Crippen molar-refractivity contribution < 1.29 is 4.79 Å². The van der Waals surface area contributed by atoms with E-state index in [1.54, 1.807) is 0 Å². The summed E-state index contributed by atoms with van der Waals surface area (Å²) in [5.74, 6) is 0.0776. The number of hydrogen-bond acceptors (Lipinski definition) is 3. The van der Waals surface area contributed by atoms with Crippen molar-refractivity contribution in [3.05, 3.63) is 0 Å². The van der Waals surface area contributed by atoms with Crippen LogP contribution in [0.25, 0.3) is 0 Å². The first kappa shape index (κ1) is 21.0. The number of halogens is 2. The SMILES string of the molecule is CCN1CCCCC1CNC(=O)C1(N)CCCCC1.Cl.Cl. The summed E-state index contributed by atoms with van der Waals surface area (Å²) in [6.45, 7) is 5.22. The zero-order valence-corrected chi connectivity index (χ0v) is 14.7. The van der Waals surface area contributed by atoms with Crippen LogP contribution in [0.1, 0.15) is 58.3 Å². The third-order valence-electron chi connectivity index (χ3n) is 4.85. The molecule has 1 atom stereocenters. The summed E-state index contributed by atoms with van der Waals surface area (Å²) in [6.07, 6.45) is 8.87. The topological polar surface area (TPSA) is 58.4 Å². The molecule has 2 aliphatic rings. The molecule has 1 aliphatic carbocycles. The number of rotatable bonds is 4. The summed E-state index contributed by atoms with van der Waals surface area (Å²) >= 11 is 0. The van der Waals surface area contributed by atoms with Gasteiger partial charge in [0.25, 0.3) is 0 Å². The van der Waals surface area contributed by atoms with E-state index in [4.69, 9.17) is 5.73 Å². The van der Waals surface area contributed by atoms with Crippen LogP contribution < -0.4 is 11.1 Å². The minimum atomic E-state index is -0.593. The van der Waals surface area contributed by atoms with Gasteiger partial charge in [0.1, 0.15) is 0 Å². The lowest BCUT2D eigenvalue weighted by Crippen LogP contribution is -2.57. The van der Waals surface area contributed by atoms with E-state index < -0.39 is 5.54 Å². The number of carbonyl (C=O) groups is 1. The minimum absolute atomic E-state index is 0. The van der Waals surface area contributed by atoms with Gasteiger partial charge in [-0.15, -0.1) is 24.8 Å². The number of piperidine rings is 1. The highest BCUT2D eigenvalue weighted by molar-refractivity contribution is 5.86. The van der Waals surface area contributed by atoms with Gasteiger partial charge in [0.2, 0.25) is 5.91 Å². The van der Waals surface area contributed by atoms with Crippen molar-refractivity contribution in [1.29, 1.82) is 0 Å². The predicted octanol–water partition coefficient (Wildman–Crippen LogP) is 2.48. The quantitative estimate of drug-likeness (QED) is 0.827.